The third kappa shape index (κ3) is 4.01. The Hall–Kier alpha value is -1.65. The quantitative estimate of drug-likeness (QED) is 0.564. The molecule has 94 valence electrons. The fraction of sp³-hybridized carbons (Fsp3) is 0.583. The summed E-state index contributed by atoms with van der Waals surface area (Å²) in [7, 11) is 0. The molecule has 0 fully saturated rings. The van der Waals surface area contributed by atoms with Crippen molar-refractivity contribution >= 4 is 6.08 Å². The Kier molecular flexibility index (Phi) is 4.87. The van der Waals surface area contributed by atoms with Crippen LogP contribution in [-0.4, -0.2) is 14.7 Å². The second kappa shape index (κ2) is 6.18. The van der Waals surface area contributed by atoms with Crippen LogP contribution < -0.4 is 0 Å². The van der Waals surface area contributed by atoms with Crippen molar-refractivity contribution in [3.63, 3.8) is 0 Å². The molecule has 1 aromatic rings. The molecule has 1 aromatic heterocycles. The van der Waals surface area contributed by atoms with Gasteiger partial charge in [0, 0.05) is 25.2 Å². The van der Waals surface area contributed by atoms with Crippen LogP contribution in [-0.2, 0) is 6.54 Å². The molecule has 0 aliphatic heterocycles. The summed E-state index contributed by atoms with van der Waals surface area (Å²) in [6.45, 7) is 6.78. The molecule has 0 saturated carbocycles. The van der Waals surface area contributed by atoms with E-state index in [1.54, 1.807) is 23.0 Å². The summed E-state index contributed by atoms with van der Waals surface area (Å²) >= 11 is 0. The Morgan fingerprint density at radius 3 is 2.88 bits per heavy atom. The minimum atomic E-state index is -0.302. The van der Waals surface area contributed by atoms with E-state index < -0.39 is 0 Å². The van der Waals surface area contributed by atoms with Crippen LogP contribution >= 0.6 is 0 Å². The van der Waals surface area contributed by atoms with Gasteiger partial charge in [-0.2, -0.15) is 5.10 Å². The van der Waals surface area contributed by atoms with Crippen molar-refractivity contribution in [2.75, 3.05) is 0 Å². The molecule has 1 rings (SSSR count). The zero-order valence-electron chi connectivity index (χ0n) is 10.6. The van der Waals surface area contributed by atoms with Crippen LogP contribution in [0.3, 0.4) is 0 Å². The number of hydrogen-bond acceptors (Lipinski definition) is 3. The molecule has 0 aromatic carbocycles. The first-order chi connectivity index (χ1) is 8.04. The molecule has 1 heterocycles. The van der Waals surface area contributed by atoms with Gasteiger partial charge in [0.15, 0.2) is 0 Å². The van der Waals surface area contributed by atoms with E-state index in [1.165, 1.54) is 0 Å². The van der Waals surface area contributed by atoms with Crippen molar-refractivity contribution in [1.82, 2.24) is 9.78 Å². The van der Waals surface area contributed by atoms with Gasteiger partial charge < -0.3 is 0 Å². The van der Waals surface area contributed by atoms with Crippen LogP contribution in [0.5, 0.6) is 0 Å². The van der Waals surface area contributed by atoms with Gasteiger partial charge in [-0.05, 0) is 18.4 Å². The van der Waals surface area contributed by atoms with Crippen molar-refractivity contribution in [2.45, 2.75) is 40.2 Å². The van der Waals surface area contributed by atoms with Gasteiger partial charge >= 0.3 is 0 Å². The van der Waals surface area contributed by atoms with Crippen molar-refractivity contribution in [3.8, 4) is 0 Å². The van der Waals surface area contributed by atoms with Crippen LogP contribution in [0.1, 0.15) is 39.3 Å². The third-order valence-corrected chi connectivity index (χ3v) is 2.35. The van der Waals surface area contributed by atoms with Gasteiger partial charge in [-0.3, -0.25) is 14.8 Å². The van der Waals surface area contributed by atoms with Crippen LogP contribution in [0.15, 0.2) is 18.0 Å². The van der Waals surface area contributed by atoms with Crippen LogP contribution in [0.25, 0.3) is 6.08 Å². The standard InChI is InChI=1S/C12H19N3O2/c1-4-7-14-11(5-6-13-14)9-12(15(16)17)8-10(2)3/h5-6,9-10H,4,7-8H2,1-3H3/b12-9-. The molecular formula is C12H19N3O2. The molecule has 0 spiro atoms. The summed E-state index contributed by atoms with van der Waals surface area (Å²) in [6, 6.07) is 1.81. The number of nitro groups is 1. The molecule has 0 N–H and O–H groups in total. The zero-order chi connectivity index (χ0) is 12.8. The minimum Gasteiger partial charge on any atom is -0.265 e. The molecule has 0 bridgehead atoms. The Morgan fingerprint density at radius 1 is 1.65 bits per heavy atom. The number of aromatic nitrogens is 2. The van der Waals surface area contributed by atoms with Gasteiger partial charge in [0.05, 0.1) is 10.6 Å². The summed E-state index contributed by atoms with van der Waals surface area (Å²) in [6.07, 6.45) is 4.74. The topological polar surface area (TPSA) is 61.0 Å². The average Bonchev–Trinajstić information content (AvgIpc) is 2.64. The van der Waals surface area contributed by atoms with Crippen LogP contribution in [0.2, 0.25) is 0 Å². The third-order valence-electron chi connectivity index (χ3n) is 2.35. The lowest BCUT2D eigenvalue weighted by molar-refractivity contribution is -0.427. The molecule has 0 unspecified atom stereocenters. The predicted molar refractivity (Wildman–Crippen MR) is 66.9 cm³/mol. The molecule has 17 heavy (non-hydrogen) atoms. The Morgan fingerprint density at radius 2 is 2.35 bits per heavy atom. The number of aryl methyl sites for hydroxylation is 1. The first kappa shape index (κ1) is 13.4. The molecule has 5 nitrogen and oxygen atoms in total. The van der Waals surface area contributed by atoms with E-state index in [1.807, 2.05) is 13.8 Å². The lowest BCUT2D eigenvalue weighted by Gasteiger charge is -2.04. The number of rotatable bonds is 6. The van der Waals surface area contributed by atoms with Crippen LogP contribution in [0.4, 0.5) is 0 Å². The molecular weight excluding hydrogens is 218 g/mol. The predicted octanol–water partition coefficient (Wildman–Crippen LogP) is 2.96. The van der Waals surface area contributed by atoms with E-state index in [4.69, 9.17) is 0 Å². The fourth-order valence-corrected chi connectivity index (χ4v) is 1.64. The van der Waals surface area contributed by atoms with Crippen molar-refractivity contribution in [2.24, 2.45) is 5.92 Å². The van der Waals surface area contributed by atoms with Gasteiger partial charge in [0.1, 0.15) is 0 Å². The molecule has 0 saturated heterocycles. The first-order valence-corrected chi connectivity index (χ1v) is 5.91. The highest BCUT2D eigenvalue weighted by molar-refractivity contribution is 5.46. The van der Waals surface area contributed by atoms with E-state index in [-0.39, 0.29) is 16.5 Å². The van der Waals surface area contributed by atoms with Gasteiger partial charge in [-0.25, -0.2) is 0 Å². The highest BCUT2D eigenvalue weighted by atomic mass is 16.6. The minimum absolute atomic E-state index is 0.248. The van der Waals surface area contributed by atoms with Crippen LogP contribution in [0, 0.1) is 16.0 Å². The second-order valence-electron chi connectivity index (χ2n) is 4.47. The lowest BCUT2D eigenvalue weighted by atomic mass is 10.1. The fourth-order valence-electron chi connectivity index (χ4n) is 1.64. The highest BCUT2D eigenvalue weighted by Crippen LogP contribution is 2.15. The monoisotopic (exact) mass is 237 g/mol. The normalized spacial score (nSPS) is 12.1. The maximum absolute atomic E-state index is 10.9. The molecule has 0 aliphatic carbocycles. The molecule has 5 heteroatoms. The van der Waals surface area contributed by atoms with Gasteiger partial charge in [0.2, 0.25) is 5.70 Å². The van der Waals surface area contributed by atoms with E-state index in [2.05, 4.69) is 12.0 Å². The SMILES string of the molecule is CCCn1nccc1/C=C(/CC(C)C)[N+](=O)[O-]. The molecule has 0 atom stereocenters. The average molecular weight is 237 g/mol. The number of hydrogen-bond donors (Lipinski definition) is 0. The summed E-state index contributed by atoms with van der Waals surface area (Å²) in [5.41, 5.74) is 1.05. The summed E-state index contributed by atoms with van der Waals surface area (Å²) < 4.78 is 1.80. The first-order valence-electron chi connectivity index (χ1n) is 5.91. The van der Waals surface area contributed by atoms with E-state index in [0.717, 1.165) is 18.7 Å². The van der Waals surface area contributed by atoms with Crippen molar-refractivity contribution in [3.05, 3.63) is 33.8 Å². The zero-order valence-corrected chi connectivity index (χ0v) is 10.6. The summed E-state index contributed by atoms with van der Waals surface area (Å²) in [5.74, 6) is 0.272. The number of allylic oxidation sites excluding steroid dienone is 1. The van der Waals surface area contributed by atoms with E-state index in [0.29, 0.717) is 6.42 Å². The Bertz CT molecular complexity index is 408. The maximum atomic E-state index is 10.9. The second-order valence-corrected chi connectivity index (χ2v) is 4.47. The van der Waals surface area contributed by atoms with Crippen molar-refractivity contribution < 1.29 is 4.92 Å². The van der Waals surface area contributed by atoms with Gasteiger partial charge in [-0.1, -0.05) is 20.8 Å². The smallest absolute Gasteiger partial charge is 0.248 e. The Balaban J connectivity index is 2.95. The molecule has 0 aliphatic rings. The lowest BCUT2D eigenvalue weighted by Crippen LogP contribution is -2.05. The van der Waals surface area contributed by atoms with E-state index >= 15 is 0 Å². The van der Waals surface area contributed by atoms with Gasteiger partial charge in [-0.15, -0.1) is 0 Å². The highest BCUT2D eigenvalue weighted by Gasteiger charge is 2.14. The van der Waals surface area contributed by atoms with Crippen molar-refractivity contribution in [1.29, 1.82) is 0 Å². The largest absolute Gasteiger partial charge is 0.265 e. The van der Waals surface area contributed by atoms with E-state index in [9.17, 15) is 10.1 Å². The molecule has 0 amide bonds. The maximum Gasteiger partial charge on any atom is 0.248 e. The summed E-state index contributed by atoms with van der Waals surface area (Å²) in [4.78, 5) is 10.6. The summed E-state index contributed by atoms with van der Waals surface area (Å²) in [5, 5.41) is 15.1. The molecule has 0 radical (unpaired) electrons. The number of nitrogens with zero attached hydrogens (tertiary/aromatic N) is 3. The van der Waals surface area contributed by atoms with Gasteiger partial charge in [0.25, 0.3) is 0 Å². The Labute approximate surface area is 101 Å².